The predicted molar refractivity (Wildman–Crippen MR) is 61.3 cm³/mol. The van der Waals surface area contributed by atoms with E-state index in [0.717, 1.165) is 11.3 Å². The summed E-state index contributed by atoms with van der Waals surface area (Å²) in [4.78, 5) is 4.08. The largest absolute Gasteiger partial charge is 0.244 e. The average Bonchev–Trinajstić information content (AvgIpc) is 2.70. The molecule has 0 saturated carbocycles. The molecule has 0 aliphatic heterocycles. The van der Waals surface area contributed by atoms with E-state index in [4.69, 9.17) is 5.26 Å². The Labute approximate surface area is 103 Å². The van der Waals surface area contributed by atoms with Crippen molar-refractivity contribution in [2.75, 3.05) is 0 Å². The molecule has 0 amide bonds. The minimum Gasteiger partial charge on any atom is -0.244 e. The lowest BCUT2D eigenvalue weighted by atomic mass is 10.1. The van der Waals surface area contributed by atoms with E-state index in [1.807, 2.05) is 13.8 Å². The molecule has 17 heavy (non-hydrogen) atoms. The Bertz CT molecular complexity index is 597. The van der Waals surface area contributed by atoms with Gasteiger partial charge in [-0.3, -0.25) is 0 Å². The molecule has 6 nitrogen and oxygen atoms in total. The molecule has 0 bridgehead atoms. The van der Waals surface area contributed by atoms with Crippen LogP contribution in [0.2, 0.25) is 0 Å². The molecule has 0 aliphatic carbocycles. The zero-order chi connectivity index (χ0) is 12.4. The van der Waals surface area contributed by atoms with Crippen LogP contribution in [-0.2, 0) is 7.05 Å². The van der Waals surface area contributed by atoms with Crippen molar-refractivity contribution in [1.29, 1.82) is 5.26 Å². The Balaban J connectivity index is 2.44. The minimum atomic E-state index is 0.547. The average molecular weight is 246 g/mol. The first-order valence-electron chi connectivity index (χ1n) is 4.89. The highest BCUT2D eigenvalue weighted by Crippen LogP contribution is 2.27. The van der Waals surface area contributed by atoms with E-state index in [0.29, 0.717) is 15.7 Å². The molecule has 7 heteroatoms. The molecule has 0 atom stereocenters. The minimum absolute atomic E-state index is 0.547. The van der Waals surface area contributed by atoms with E-state index >= 15 is 0 Å². The van der Waals surface area contributed by atoms with Gasteiger partial charge in [0, 0.05) is 7.05 Å². The maximum absolute atomic E-state index is 9.15. The Morgan fingerprint density at radius 2 is 2.12 bits per heavy atom. The summed E-state index contributed by atoms with van der Waals surface area (Å²) in [5.74, 6) is 0. The van der Waals surface area contributed by atoms with Gasteiger partial charge in [-0.1, -0.05) is 0 Å². The Hall–Kier alpha value is -1.94. The van der Waals surface area contributed by atoms with Crippen LogP contribution >= 0.6 is 11.8 Å². The molecule has 0 N–H and O–H groups in total. The molecular weight excluding hydrogens is 236 g/mol. The van der Waals surface area contributed by atoms with Crippen LogP contribution in [0, 0.1) is 25.2 Å². The van der Waals surface area contributed by atoms with E-state index in [2.05, 4.69) is 26.3 Å². The van der Waals surface area contributed by atoms with Crippen LogP contribution in [0.4, 0.5) is 0 Å². The van der Waals surface area contributed by atoms with E-state index < -0.39 is 0 Å². The molecule has 0 aliphatic rings. The van der Waals surface area contributed by atoms with Crippen LogP contribution in [-0.4, -0.2) is 25.0 Å². The fraction of sp³-hybridized carbons (Fsp3) is 0.300. The second-order valence-electron chi connectivity index (χ2n) is 3.47. The number of nitriles is 1. The Kier molecular flexibility index (Phi) is 3.06. The molecule has 0 fully saturated rings. The van der Waals surface area contributed by atoms with Gasteiger partial charge in [0.2, 0.25) is 0 Å². The molecule has 0 spiro atoms. The highest BCUT2D eigenvalue weighted by atomic mass is 32.2. The third-order valence-corrected chi connectivity index (χ3v) is 3.42. The van der Waals surface area contributed by atoms with Crippen molar-refractivity contribution in [2.24, 2.45) is 7.05 Å². The van der Waals surface area contributed by atoms with Crippen LogP contribution in [0.15, 0.2) is 16.5 Å². The van der Waals surface area contributed by atoms with E-state index in [-0.39, 0.29) is 0 Å². The predicted octanol–water partition coefficient (Wildman–Crippen LogP) is 1.24. The lowest BCUT2D eigenvalue weighted by Gasteiger charge is -2.05. The summed E-state index contributed by atoms with van der Waals surface area (Å²) >= 11 is 1.29. The van der Waals surface area contributed by atoms with Crippen molar-refractivity contribution in [2.45, 2.75) is 24.0 Å². The summed E-state index contributed by atoms with van der Waals surface area (Å²) in [6, 6.07) is 2.16. The van der Waals surface area contributed by atoms with Crippen molar-refractivity contribution >= 4 is 11.8 Å². The second-order valence-corrected chi connectivity index (χ2v) is 4.43. The summed E-state index contributed by atoms with van der Waals surface area (Å²) < 4.78 is 1.63. The lowest BCUT2D eigenvalue weighted by Crippen LogP contribution is -2.00. The number of aryl methyl sites for hydroxylation is 2. The molecule has 2 aromatic heterocycles. The molecule has 0 aromatic carbocycles. The molecule has 0 saturated heterocycles. The van der Waals surface area contributed by atoms with Crippen LogP contribution in [0.3, 0.4) is 0 Å². The van der Waals surface area contributed by atoms with Gasteiger partial charge < -0.3 is 0 Å². The molecule has 0 unspecified atom stereocenters. The smallest absolute Gasteiger partial charge is 0.192 e. The fourth-order valence-corrected chi connectivity index (χ4v) is 2.09. The first-order chi connectivity index (χ1) is 8.13. The molecule has 2 rings (SSSR count). The number of nitrogens with zero attached hydrogens (tertiary/aromatic N) is 6. The number of aromatic nitrogens is 5. The second kappa shape index (κ2) is 4.51. The van der Waals surface area contributed by atoms with Gasteiger partial charge >= 0.3 is 0 Å². The van der Waals surface area contributed by atoms with E-state index in [9.17, 15) is 0 Å². The quantitative estimate of drug-likeness (QED) is 0.793. The first kappa shape index (κ1) is 11.5. The Morgan fingerprint density at radius 1 is 1.35 bits per heavy atom. The standard InChI is InChI=1S/C10H10N6S/c1-6-7(2)14-15-9(8(6)4-11)17-10-12-5-13-16(10)3/h5H,1-3H3. The molecule has 2 heterocycles. The van der Waals surface area contributed by atoms with Gasteiger partial charge in [0.25, 0.3) is 0 Å². The monoisotopic (exact) mass is 246 g/mol. The van der Waals surface area contributed by atoms with Crippen molar-refractivity contribution in [3.63, 3.8) is 0 Å². The highest BCUT2D eigenvalue weighted by Gasteiger charge is 2.14. The SMILES string of the molecule is Cc1nnc(Sc2ncnn2C)c(C#N)c1C. The normalized spacial score (nSPS) is 10.2. The summed E-state index contributed by atoms with van der Waals surface area (Å²) in [6.07, 6.45) is 1.46. The summed E-state index contributed by atoms with van der Waals surface area (Å²) in [5, 5.41) is 22.4. The van der Waals surface area contributed by atoms with Crippen molar-refractivity contribution in [3.05, 3.63) is 23.1 Å². The zero-order valence-electron chi connectivity index (χ0n) is 9.67. The van der Waals surface area contributed by atoms with Gasteiger partial charge in [-0.15, -0.1) is 5.10 Å². The van der Waals surface area contributed by atoms with Crippen molar-refractivity contribution in [1.82, 2.24) is 25.0 Å². The summed E-state index contributed by atoms with van der Waals surface area (Å²) in [5.41, 5.74) is 2.17. The molecule has 0 radical (unpaired) electrons. The first-order valence-corrected chi connectivity index (χ1v) is 5.71. The number of hydrogen-bond donors (Lipinski definition) is 0. The van der Waals surface area contributed by atoms with Gasteiger partial charge in [-0.2, -0.15) is 15.5 Å². The van der Waals surface area contributed by atoms with Crippen molar-refractivity contribution < 1.29 is 0 Å². The third-order valence-electron chi connectivity index (χ3n) is 2.39. The number of hydrogen-bond acceptors (Lipinski definition) is 6. The number of rotatable bonds is 2. The van der Waals surface area contributed by atoms with E-state index in [1.165, 1.54) is 18.1 Å². The zero-order valence-corrected chi connectivity index (χ0v) is 10.5. The maximum Gasteiger partial charge on any atom is 0.192 e. The fourth-order valence-electron chi connectivity index (χ4n) is 1.25. The lowest BCUT2D eigenvalue weighted by molar-refractivity contribution is 0.683. The van der Waals surface area contributed by atoms with Crippen LogP contribution < -0.4 is 0 Å². The maximum atomic E-state index is 9.15. The van der Waals surface area contributed by atoms with Crippen LogP contribution in [0.25, 0.3) is 0 Å². The summed E-state index contributed by atoms with van der Waals surface area (Å²) in [6.45, 7) is 3.70. The molecular formula is C10H10N6S. The van der Waals surface area contributed by atoms with Crippen LogP contribution in [0.5, 0.6) is 0 Å². The van der Waals surface area contributed by atoms with Gasteiger partial charge in [-0.25, -0.2) is 9.67 Å². The molecule has 86 valence electrons. The van der Waals surface area contributed by atoms with Gasteiger partial charge in [0.15, 0.2) is 5.16 Å². The van der Waals surface area contributed by atoms with Crippen LogP contribution in [0.1, 0.15) is 16.8 Å². The van der Waals surface area contributed by atoms with Gasteiger partial charge in [0.05, 0.1) is 11.3 Å². The van der Waals surface area contributed by atoms with Gasteiger partial charge in [0.1, 0.15) is 17.4 Å². The Morgan fingerprint density at radius 3 is 2.71 bits per heavy atom. The van der Waals surface area contributed by atoms with E-state index in [1.54, 1.807) is 11.7 Å². The summed E-state index contributed by atoms with van der Waals surface area (Å²) in [7, 11) is 1.79. The molecule has 2 aromatic rings. The highest BCUT2D eigenvalue weighted by molar-refractivity contribution is 7.99. The van der Waals surface area contributed by atoms with Gasteiger partial charge in [-0.05, 0) is 31.2 Å². The third kappa shape index (κ3) is 2.12. The topological polar surface area (TPSA) is 80.3 Å². The van der Waals surface area contributed by atoms with Crippen molar-refractivity contribution in [3.8, 4) is 6.07 Å².